The van der Waals surface area contributed by atoms with Crippen molar-refractivity contribution in [3.05, 3.63) is 77.1 Å². The van der Waals surface area contributed by atoms with Gasteiger partial charge in [0.1, 0.15) is 5.82 Å². The lowest BCUT2D eigenvalue weighted by Gasteiger charge is -2.12. The van der Waals surface area contributed by atoms with Crippen LogP contribution in [0.2, 0.25) is 5.02 Å². The third-order valence-corrected chi connectivity index (χ3v) is 5.49. The van der Waals surface area contributed by atoms with Crippen LogP contribution in [0.25, 0.3) is 16.6 Å². The van der Waals surface area contributed by atoms with E-state index in [0.29, 0.717) is 5.02 Å². The Morgan fingerprint density at radius 1 is 1.11 bits per heavy atom. The van der Waals surface area contributed by atoms with Crippen LogP contribution < -0.4 is 4.72 Å². The summed E-state index contributed by atoms with van der Waals surface area (Å²) in [5.74, 6) is 0.907. The summed E-state index contributed by atoms with van der Waals surface area (Å²) in [4.78, 5) is 5.57. The van der Waals surface area contributed by atoms with Crippen molar-refractivity contribution in [2.24, 2.45) is 0 Å². The highest BCUT2D eigenvalue weighted by atomic mass is 35.5. The molecule has 136 valence electrons. The number of fused-ring (bicyclic) bond motifs is 1. The Bertz CT molecular complexity index is 1090. The predicted molar refractivity (Wildman–Crippen MR) is 114 cm³/mol. The summed E-state index contributed by atoms with van der Waals surface area (Å²) in [5, 5.41) is 6.27. The van der Waals surface area contributed by atoms with E-state index >= 15 is 0 Å². The van der Waals surface area contributed by atoms with E-state index in [2.05, 4.69) is 46.0 Å². The number of rotatable bonds is 5. The molecular formula is C21H19ClN4S. The molecule has 2 aromatic heterocycles. The molecule has 0 aliphatic rings. The zero-order valence-corrected chi connectivity index (χ0v) is 16.7. The molecule has 0 saturated heterocycles. The van der Waals surface area contributed by atoms with Crippen molar-refractivity contribution in [1.29, 1.82) is 0 Å². The first-order valence-electron chi connectivity index (χ1n) is 8.78. The summed E-state index contributed by atoms with van der Waals surface area (Å²) in [5.41, 5.74) is 3.99. The van der Waals surface area contributed by atoms with E-state index in [1.54, 1.807) is 18.1 Å². The lowest BCUT2D eigenvalue weighted by molar-refractivity contribution is 0.878. The third-order valence-electron chi connectivity index (χ3n) is 4.36. The first-order chi connectivity index (χ1) is 13.2. The van der Waals surface area contributed by atoms with Gasteiger partial charge in [-0.15, -0.1) is 0 Å². The van der Waals surface area contributed by atoms with Crippen molar-refractivity contribution >= 4 is 40.3 Å². The smallest absolute Gasteiger partial charge is 0.140 e. The van der Waals surface area contributed by atoms with Gasteiger partial charge in [-0.05, 0) is 67.3 Å². The summed E-state index contributed by atoms with van der Waals surface area (Å²) in [6.07, 6.45) is 2.79. The highest BCUT2D eigenvalue weighted by Crippen LogP contribution is 2.30. The number of nitrogens with one attached hydrogen (secondary N) is 1. The first-order valence-corrected chi connectivity index (χ1v) is 9.97. The summed E-state index contributed by atoms with van der Waals surface area (Å²) in [7, 11) is 0. The molecule has 4 nitrogen and oxygen atoms in total. The van der Waals surface area contributed by atoms with Crippen LogP contribution in [0.1, 0.15) is 18.2 Å². The molecule has 0 aliphatic carbocycles. The molecule has 0 aliphatic heterocycles. The number of hydrogen-bond donors (Lipinski definition) is 1. The highest BCUT2D eigenvalue weighted by molar-refractivity contribution is 8.00. The van der Waals surface area contributed by atoms with Crippen molar-refractivity contribution in [3.63, 3.8) is 0 Å². The number of aryl methyl sites for hydroxylation is 2. The Kier molecular flexibility index (Phi) is 5.05. The summed E-state index contributed by atoms with van der Waals surface area (Å²) in [6.45, 7) is 4.14. The molecule has 0 bridgehead atoms. The number of anilines is 1. The van der Waals surface area contributed by atoms with Crippen molar-refractivity contribution in [2.75, 3.05) is 4.72 Å². The minimum absolute atomic E-state index is 0.637. The number of aromatic nitrogens is 3. The second kappa shape index (κ2) is 7.62. The van der Waals surface area contributed by atoms with Crippen molar-refractivity contribution in [3.8, 4) is 5.69 Å². The number of nitrogens with zero attached hydrogens (tertiary/aromatic N) is 3. The van der Waals surface area contributed by atoms with Crippen LogP contribution in [0.15, 0.2) is 65.7 Å². The molecular weight excluding hydrogens is 376 g/mol. The maximum atomic E-state index is 6.32. The van der Waals surface area contributed by atoms with Gasteiger partial charge in [0.15, 0.2) is 0 Å². The summed E-state index contributed by atoms with van der Waals surface area (Å²) < 4.78 is 5.34. The maximum absolute atomic E-state index is 6.32. The third kappa shape index (κ3) is 3.66. The summed E-state index contributed by atoms with van der Waals surface area (Å²) >= 11 is 7.89. The lowest BCUT2D eigenvalue weighted by atomic mass is 10.2. The van der Waals surface area contributed by atoms with Gasteiger partial charge in [-0.3, -0.25) is 4.98 Å². The average molecular weight is 395 g/mol. The Morgan fingerprint density at radius 2 is 1.93 bits per heavy atom. The molecule has 0 fully saturated rings. The SMILES string of the molecule is CCc1ccc(SNc2cc(C)nn2-c2ccc(Cl)c3ncccc23)cc1. The second-order valence-electron chi connectivity index (χ2n) is 6.25. The molecule has 0 atom stereocenters. The van der Waals surface area contributed by atoms with E-state index in [-0.39, 0.29) is 0 Å². The summed E-state index contributed by atoms with van der Waals surface area (Å²) in [6, 6.07) is 18.4. The molecule has 4 rings (SSSR count). The Hall–Kier alpha value is -2.50. The molecule has 6 heteroatoms. The monoisotopic (exact) mass is 394 g/mol. The molecule has 2 heterocycles. The van der Waals surface area contributed by atoms with E-state index in [4.69, 9.17) is 11.6 Å². The molecule has 0 amide bonds. The molecule has 2 aromatic carbocycles. The van der Waals surface area contributed by atoms with Crippen LogP contribution in [0.4, 0.5) is 5.82 Å². The van der Waals surface area contributed by atoms with Crippen LogP contribution in [0.5, 0.6) is 0 Å². The molecule has 0 radical (unpaired) electrons. The lowest BCUT2D eigenvalue weighted by Crippen LogP contribution is -2.02. The quantitative estimate of drug-likeness (QED) is 0.417. The largest absolute Gasteiger partial charge is 0.310 e. The van der Waals surface area contributed by atoms with Crippen molar-refractivity contribution in [2.45, 2.75) is 25.2 Å². The van der Waals surface area contributed by atoms with Crippen molar-refractivity contribution in [1.82, 2.24) is 14.8 Å². The van der Waals surface area contributed by atoms with E-state index < -0.39 is 0 Å². The molecule has 0 spiro atoms. The van der Waals surface area contributed by atoms with Gasteiger partial charge in [-0.2, -0.15) is 5.10 Å². The van der Waals surface area contributed by atoms with E-state index in [1.165, 1.54) is 5.56 Å². The van der Waals surface area contributed by atoms with Crippen LogP contribution in [0, 0.1) is 6.92 Å². The van der Waals surface area contributed by atoms with Gasteiger partial charge in [-0.25, -0.2) is 4.68 Å². The molecule has 4 aromatic rings. The van der Waals surface area contributed by atoms with Gasteiger partial charge >= 0.3 is 0 Å². The van der Waals surface area contributed by atoms with Crippen LogP contribution in [0.3, 0.4) is 0 Å². The fourth-order valence-electron chi connectivity index (χ4n) is 2.97. The zero-order chi connectivity index (χ0) is 18.8. The Labute approximate surface area is 167 Å². The van der Waals surface area contributed by atoms with Gasteiger partial charge in [0.05, 0.1) is 21.9 Å². The molecule has 27 heavy (non-hydrogen) atoms. The highest BCUT2D eigenvalue weighted by Gasteiger charge is 2.13. The maximum Gasteiger partial charge on any atom is 0.140 e. The van der Waals surface area contributed by atoms with Gasteiger partial charge in [-0.1, -0.05) is 30.7 Å². The van der Waals surface area contributed by atoms with Gasteiger partial charge < -0.3 is 4.72 Å². The van der Waals surface area contributed by atoms with Gasteiger partial charge in [0.2, 0.25) is 0 Å². The van der Waals surface area contributed by atoms with Gasteiger partial charge in [0, 0.05) is 22.5 Å². The number of halogens is 1. The Morgan fingerprint density at radius 3 is 2.70 bits per heavy atom. The number of pyridine rings is 1. The average Bonchev–Trinajstić information content (AvgIpc) is 3.07. The van der Waals surface area contributed by atoms with E-state index in [9.17, 15) is 0 Å². The first kappa shape index (κ1) is 17.9. The van der Waals surface area contributed by atoms with Gasteiger partial charge in [0.25, 0.3) is 0 Å². The predicted octanol–water partition coefficient (Wildman–Crippen LogP) is 6.06. The topological polar surface area (TPSA) is 42.7 Å². The second-order valence-corrected chi connectivity index (χ2v) is 7.54. The number of hydrogen-bond acceptors (Lipinski definition) is 4. The molecule has 0 unspecified atom stereocenters. The number of benzene rings is 2. The van der Waals surface area contributed by atoms with Crippen molar-refractivity contribution < 1.29 is 0 Å². The fourth-order valence-corrected chi connectivity index (χ4v) is 3.82. The van der Waals surface area contributed by atoms with E-state index in [1.807, 2.05) is 41.9 Å². The zero-order valence-electron chi connectivity index (χ0n) is 15.1. The van der Waals surface area contributed by atoms with Crippen LogP contribution in [-0.2, 0) is 6.42 Å². The Balaban J connectivity index is 1.68. The molecule has 0 saturated carbocycles. The standard InChI is InChI=1S/C21H19ClN4S/c1-3-15-6-8-16(9-7-15)27-25-20-13-14(2)24-26(20)19-11-10-18(22)21-17(19)5-4-12-23-21/h4-13,25H,3H2,1-2H3. The normalized spacial score (nSPS) is 11.1. The molecule has 1 N–H and O–H groups in total. The fraction of sp³-hybridized carbons (Fsp3) is 0.143. The van der Waals surface area contributed by atoms with Crippen LogP contribution in [-0.4, -0.2) is 14.8 Å². The van der Waals surface area contributed by atoms with E-state index in [0.717, 1.165) is 39.4 Å². The van der Waals surface area contributed by atoms with Crippen LogP contribution >= 0.6 is 23.5 Å². The minimum atomic E-state index is 0.637. The minimum Gasteiger partial charge on any atom is -0.310 e.